The highest BCUT2D eigenvalue weighted by Crippen LogP contribution is 2.45. The van der Waals surface area contributed by atoms with Gasteiger partial charge < -0.3 is 9.47 Å². The quantitative estimate of drug-likeness (QED) is 0.695. The fourth-order valence-electron chi connectivity index (χ4n) is 3.89. The van der Waals surface area contributed by atoms with Gasteiger partial charge in [0.1, 0.15) is 0 Å². The molecule has 1 fully saturated rings. The normalized spacial score (nSPS) is 22.7. The van der Waals surface area contributed by atoms with Gasteiger partial charge in [-0.15, -0.1) is 0 Å². The number of benzene rings is 2. The molecule has 0 heterocycles. The van der Waals surface area contributed by atoms with Gasteiger partial charge in [0.15, 0.2) is 0 Å². The fraction of sp³-hybridized carbons (Fsp3) is 0.409. The van der Waals surface area contributed by atoms with Crippen molar-refractivity contribution in [1.82, 2.24) is 0 Å². The van der Waals surface area contributed by atoms with E-state index in [1.807, 2.05) is 36.4 Å². The molecule has 3 rings (SSSR count). The third-order valence-corrected chi connectivity index (χ3v) is 5.29. The molecule has 2 atom stereocenters. The highest BCUT2D eigenvalue weighted by molar-refractivity contribution is 5.78. The summed E-state index contributed by atoms with van der Waals surface area (Å²) in [5, 5.41) is 0. The van der Waals surface area contributed by atoms with Crippen LogP contribution in [0.4, 0.5) is 0 Å². The van der Waals surface area contributed by atoms with Gasteiger partial charge in [-0.1, -0.05) is 60.7 Å². The Kier molecular flexibility index (Phi) is 5.87. The topological polar surface area (TPSA) is 35.5 Å². The predicted octanol–water partition coefficient (Wildman–Crippen LogP) is 4.55. The number of aryl methyl sites for hydroxylation is 1. The number of carbonyl (C=O) groups excluding carboxylic acids is 1. The van der Waals surface area contributed by atoms with Crippen molar-refractivity contribution in [2.24, 2.45) is 5.41 Å². The average molecular weight is 338 g/mol. The summed E-state index contributed by atoms with van der Waals surface area (Å²) in [5.74, 6) is -0.126. The van der Waals surface area contributed by atoms with Gasteiger partial charge in [0.05, 0.1) is 25.2 Å². The minimum absolute atomic E-state index is 0.0798. The number of ether oxygens (including phenoxy) is 2. The highest BCUT2D eigenvalue weighted by Gasteiger charge is 2.50. The molecule has 1 saturated carbocycles. The molecule has 1 aliphatic rings. The number of hydrogen-bond donors (Lipinski definition) is 0. The Balaban J connectivity index is 1.72. The first-order chi connectivity index (χ1) is 12.2. The Bertz CT molecular complexity index is 668. The number of rotatable bonds is 7. The molecule has 0 bridgehead atoms. The zero-order valence-electron chi connectivity index (χ0n) is 14.8. The average Bonchev–Trinajstić information content (AvgIpc) is 3.09. The number of methoxy groups -OCH3 is 1. The molecule has 0 radical (unpaired) electrons. The summed E-state index contributed by atoms with van der Waals surface area (Å²) in [6.07, 6.45) is 4.31. The molecular formula is C22H26O3. The molecule has 1 aliphatic carbocycles. The molecule has 3 nitrogen and oxygen atoms in total. The Morgan fingerprint density at radius 2 is 1.68 bits per heavy atom. The molecule has 2 aromatic rings. The summed E-state index contributed by atoms with van der Waals surface area (Å²) < 4.78 is 11.4. The maximum Gasteiger partial charge on any atom is 0.314 e. The van der Waals surface area contributed by atoms with Gasteiger partial charge in [-0.25, -0.2) is 0 Å². The minimum atomic E-state index is -0.528. The molecule has 3 heteroatoms. The van der Waals surface area contributed by atoms with Crippen LogP contribution in [-0.4, -0.2) is 19.2 Å². The molecule has 0 amide bonds. The molecule has 0 aliphatic heterocycles. The summed E-state index contributed by atoms with van der Waals surface area (Å²) in [6.45, 7) is 0.537. The second kappa shape index (κ2) is 8.30. The predicted molar refractivity (Wildman–Crippen MR) is 98.1 cm³/mol. The van der Waals surface area contributed by atoms with Crippen LogP contribution < -0.4 is 0 Å². The van der Waals surface area contributed by atoms with Gasteiger partial charge in [-0.05, 0) is 43.2 Å². The molecule has 0 N–H and O–H groups in total. The first-order valence-electron chi connectivity index (χ1n) is 9.02. The first-order valence-corrected chi connectivity index (χ1v) is 9.02. The van der Waals surface area contributed by atoms with E-state index in [1.54, 1.807) is 0 Å². The lowest BCUT2D eigenvalue weighted by Crippen LogP contribution is -2.41. The zero-order chi connectivity index (χ0) is 17.5. The van der Waals surface area contributed by atoms with Crippen molar-refractivity contribution in [3.8, 4) is 0 Å². The standard InChI is InChI=1S/C22H26O3/c1-24-21(23)22(16-14-18-9-4-2-5-10-18)15-8-13-20(22)25-17-19-11-6-3-7-12-19/h2-7,9-12,20H,8,13-17H2,1H3. The van der Waals surface area contributed by atoms with Gasteiger partial charge >= 0.3 is 5.97 Å². The van der Waals surface area contributed by atoms with Crippen LogP contribution in [0.2, 0.25) is 0 Å². The van der Waals surface area contributed by atoms with Gasteiger partial charge in [0.2, 0.25) is 0 Å². The van der Waals surface area contributed by atoms with Crippen molar-refractivity contribution < 1.29 is 14.3 Å². The second-order valence-electron chi connectivity index (χ2n) is 6.81. The summed E-state index contributed by atoms with van der Waals surface area (Å²) in [6, 6.07) is 20.4. The molecular weight excluding hydrogens is 312 g/mol. The number of esters is 1. The molecule has 0 aromatic heterocycles. The summed E-state index contributed by atoms with van der Waals surface area (Å²) >= 11 is 0. The van der Waals surface area contributed by atoms with Crippen molar-refractivity contribution in [2.75, 3.05) is 7.11 Å². The van der Waals surface area contributed by atoms with Crippen LogP contribution in [-0.2, 0) is 27.3 Å². The molecule has 132 valence electrons. The van der Waals surface area contributed by atoms with Gasteiger partial charge in [-0.3, -0.25) is 4.79 Å². The number of hydrogen-bond acceptors (Lipinski definition) is 3. The van der Waals surface area contributed by atoms with Gasteiger partial charge in [0, 0.05) is 0 Å². The van der Waals surface area contributed by atoms with Crippen LogP contribution in [0, 0.1) is 5.41 Å². The summed E-state index contributed by atoms with van der Waals surface area (Å²) in [5.41, 5.74) is 1.86. The summed E-state index contributed by atoms with van der Waals surface area (Å²) in [7, 11) is 1.49. The molecule has 0 spiro atoms. The van der Waals surface area contributed by atoms with Gasteiger partial charge in [0.25, 0.3) is 0 Å². The van der Waals surface area contributed by atoms with Crippen LogP contribution in [0.25, 0.3) is 0 Å². The van der Waals surface area contributed by atoms with Crippen molar-refractivity contribution >= 4 is 5.97 Å². The highest BCUT2D eigenvalue weighted by atomic mass is 16.5. The number of carbonyl (C=O) groups is 1. The van der Waals surface area contributed by atoms with Crippen LogP contribution in [0.3, 0.4) is 0 Å². The second-order valence-corrected chi connectivity index (χ2v) is 6.81. The maximum absolute atomic E-state index is 12.7. The van der Waals surface area contributed by atoms with E-state index >= 15 is 0 Å². The minimum Gasteiger partial charge on any atom is -0.469 e. The van der Waals surface area contributed by atoms with E-state index in [0.29, 0.717) is 6.61 Å². The Hall–Kier alpha value is -2.13. The fourth-order valence-corrected chi connectivity index (χ4v) is 3.89. The van der Waals surface area contributed by atoms with Gasteiger partial charge in [-0.2, -0.15) is 0 Å². The molecule has 2 aromatic carbocycles. The van der Waals surface area contributed by atoms with Crippen LogP contribution in [0.15, 0.2) is 60.7 Å². The lowest BCUT2D eigenvalue weighted by atomic mass is 9.78. The molecule has 25 heavy (non-hydrogen) atoms. The van der Waals surface area contributed by atoms with Crippen molar-refractivity contribution in [1.29, 1.82) is 0 Å². The van der Waals surface area contributed by atoms with E-state index < -0.39 is 5.41 Å². The SMILES string of the molecule is COC(=O)C1(CCc2ccccc2)CCCC1OCc1ccccc1. The van der Waals surface area contributed by atoms with E-state index in [-0.39, 0.29) is 12.1 Å². The third kappa shape index (κ3) is 4.10. The van der Waals surface area contributed by atoms with Crippen molar-refractivity contribution in [2.45, 2.75) is 44.8 Å². The van der Waals surface area contributed by atoms with Crippen molar-refractivity contribution in [3.05, 3.63) is 71.8 Å². The Morgan fingerprint density at radius 1 is 1.04 bits per heavy atom. The van der Waals surface area contributed by atoms with E-state index in [9.17, 15) is 4.79 Å². The lowest BCUT2D eigenvalue weighted by Gasteiger charge is -2.33. The largest absolute Gasteiger partial charge is 0.469 e. The zero-order valence-corrected chi connectivity index (χ0v) is 14.8. The van der Waals surface area contributed by atoms with E-state index in [4.69, 9.17) is 9.47 Å². The van der Waals surface area contributed by atoms with Crippen LogP contribution in [0.5, 0.6) is 0 Å². The van der Waals surface area contributed by atoms with E-state index in [1.165, 1.54) is 12.7 Å². The summed E-state index contributed by atoms with van der Waals surface area (Å²) in [4.78, 5) is 12.7. The monoisotopic (exact) mass is 338 g/mol. The van der Waals surface area contributed by atoms with Crippen LogP contribution in [0.1, 0.15) is 36.8 Å². The van der Waals surface area contributed by atoms with E-state index in [2.05, 4.69) is 24.3 Å². The van der Waals surface area contributed by atoms with Crippen molar-refractivity contribution in [3.63, 3.8) is 0 Å². The molecule has 0 saturated heterocycles. The smallest absolute Gasteiger partial charge is 0.314 e. The Morgan fingerprint density at radius 3 is 2.32 bits per heavy atom. The van der Waals surface area contributed by atoms with Crippen LogP contribution >= 0.6 is 0 Å². The first kappa shape index (κ1) is 17.7. The third-order valence-electron chi connectivity index (χ3n) is 5.29. The molecule has 2 unspecified atom stereocenters. The lowest BCUT2D eigenvalue weighted by molar-refractivity contribution is -0.162. The van der Waals surface area contributed by atoms with E-state index in [0.717, 1.165) is 37.7 Å². The Labute approximate surface area is 150 Å². The maximum atomic E-state index is 12.7.